The van der Waals surface area contributed by atoms with E-state index in [1.54, 1.807) is 0 Å². The van der Waals surface area contributed by atoms with Crippen molar-refractivity contribution in [2.75, 3.05) is 0 Å². The van der Waals surface area contributed by atoms with Crippen molar-refractivity contribution in [3.8, 4) is 0 Å². The van der Waals surface area contributed by atoms with Gasteiger partial charge in [0, 0.05) is 0 Å². The summed E-state index contributed by atoms with van der Waals surface area (Å²) in [7, 11) is 0. The Bertz CT molecular complexity index is 108. The van der Waals surface area contributed by atoms with E-state index in [1.807, 2.05) is 19.1 Å². The number of aliphatic hydroxyl groups excluding tert-OH is 1. The lowest BCUT2D eigenvalue weighted by molar-refractivity contribution is 0.164. The van der Waals surface area contributed by atoms with Crippen molar-refractivity contribution in [2.45, 2.75) is 58.5 Å². The molecule has 0 unspecified atom stereocenters. The third-order valence-electron chi connectivity index (χ3n) is 2.03. The lowest BCUT2D eigenvalue weighted by atomic mass is 10.1. The van der Waals surface area contributed by atoms with Crippen LogP contribution in [0.15, 0.2) is 12.2 Å². The molecule has 0 aromatic heterocycles. The monoisotopic (exact) mass is 170 g/mol. The van der Waals surface area contributed by atoms with Crippen molar-refractivity contribution < 1.29 is 5.11 Å². The first kappa shape index (κ1) is 11.7. The number of aliphatic hydroxyl groups is 1. The summed E-state index contributed by atoms with van der Waals surface area (Å²) in [6.07, 6.45) is 10.7. The van der Waals surface area contributed by atoms with E-state index < -0.39 is 0 Å². The largest absolute Gasteiger partial charge is 0.393 e. The molecule has 0 fully saturated rings. The van der Waals surface area contributed by atoms with Crippen molar-refractivity contribution in [3.05, 3.63) is 12.2 Å². The van der Waals surface area contributed by atoms with Crippen LogP contribution in [0.3, 0.4) is 0 Å². The Morgan fingerprint density at radius 3 is 2.58 bits per heavy atom. The molecule has 0 saturated carbocycles. The normalized spacial score (nSPS) is 13.9. The van der Waals surface area contributed by atoms with Gasteiger partial charge in [0.2, 0.25) is 0 Å². The van der Waals surface area contributed by atoms with Gasteiger partial charge in [0.15, 0.2) is 0 Å². The molecule has 1 heteroatoms. The molecular formula is C11H22O. The number of hydrogen-bond donors (Lipinski definition) is 1. The molecule has 0 rings (SSSR count). The third-order valence-corrected chi connectivity index (χ3v) is 2.03. The van der Waals surface area contributed by atoms with E-state index in [2.05, 4.69) is 6.92 Å². The van der Waals surface area contributed by atoms with Crippen molar-refractivity contribution >= 4 is 0 Å². The smallest absolute Gasteiger partial charge is 0.0574 e. The molecular weight excluding hydrogens is 148 g/mol. The lowest BCUT2D eigenvalue weighted by Crippen LogP contribution is -2.03. The fourth-order valence-corrected chi connectivity index (χ4v) is 1.22. The number of allylic oxidation sites excluding steroid dienone is 1. The van der Waals surface area contributed by atoms with E-state index in [9.17, 15) is 5.11 Å². The third kappa shape index (κ3) is 7.80. The van der Waals surface area contributed by atoms with Gasteiger partial charge in [0.05, 0.1) is 6.10 Å². The first-order valence-corrected chi connectivity index (χ1v) is 5.10. The second-order valence-corrected chi connectivity index (χ2v) is 3.31. The average molecular weight is 170 g/mol. The molecule has 0 spiro atoms. The van der Waals surface area contributed by atoms with E-state index >= 15 is 0 Å². The highest BCUT2D eigenvalue weighted by molar-refractivity contribution is 4.79. The van der Waals surface area contributed by atoms with Gasteiger partial charge in [-0.05, 0) is 19.8 Å². The van der Waals surface area contributed by atoms with Crippen LogP contribution in [0.4, 0.5) is 0 Å². The van der Waals surface area contributed by atoms with Crippen molar-refractivity contribution in [1.82, 2.24) is 0 Å². The minimum atomic E-state index is -0.113. The van der Waals surface area contributed by atoms with Crippen LogP contribution in [-0.2, 0) is 0 Å². The lowest BCUT2D eigenvalue weighted by Gasteiger charge is -2.06. The van der Waals surface area contributed by atoms with Crippen molar-refractivity contribution in [2.24, 2.45) is 0 Å². The van der Waals surface area contributed by atoms with Gasteiger partial charge in [0.25, 0.3) is 0 Å². The maximum absolute atomic E-state index is 9.43. The molecule has 0 aliphatic carbocycles. The Morgan fingerprint density at radius 2 is 2.00 bits per heavy atom. The summed E-state index contributed by atoms with van der Waals surface area (Å²) in [5, 5.41) is 9.43. The van der Waals surface area contributed by atoms with Gasteiger partial charge in [-0.25, -0.2) is 0 Å². The molecule has 12 heavy (non-hydrogen) atoms. The Kier molecular flexibility index (Phi) is 8.57. The molecule has 0 saturated heterocycles. The molecule has 1 nitrogen and oxygen atoms in total. The fraction of sp³-hybridized carbons (Fsp3) is 0.818. The highest BCUT2D eigenvalue weighted by Gasteiger charge is 1.99. The summed E-state index contributed by atoms with van der Waals surface area (Å²) in [6, 6.07) is 0. The van der Waals surface area contributed by atoms with Gasteiger partial charge in [-0.1, -0.05) is 44.8 Å². The van der Waals surface area contributed by atoms with Crippen LogP contribution in [-0.4, -0.2) is 11.2 Å². The molecule has 0 aromatic rings. The van der Waals surface area contributed by atoms with E-state index in [0.717, 1.165) is 12.8 Å². The molecule has 0 aromatic carbocycles. The van der Waals surface area contributed by atoms with Crippen LogP contribution in [0.1, 0.15) is 52.4 Å². The molecule has 0 heterocycles. The Balaban J connectivity index is 3.13. The Hall–Kier alpha value is -0.300. The van der Waals surface area contributed by atoms with E-state index in [1.165, 1.54) is 25.7 Å². The predicted molar refractivity (Wildman–Crippen MR) is 54.2 cm³/mol. The fourth-order valence-electron chi connectivity index (χ4n) is 1.22. The highest BCUT2D eigenvalue weighted by Crippen LogP contribution is 2.07. The summed E-state index contributed by atoms with van der Waals surface area (Å²) in [6.45, 7) is 4.19. The minimum Gasteiger partial charge on any atom is -0.393 e. The number of hydrogen-bond acceptors (Lipinski definition) is 1. The molecule has 1 N–H and O–H groups in total. The topological polar surface area (TPSA) is 20.2 Å². The zero-order valence-corrected chi connectivity index (χ0v) is 8.42. The second kappa shape index (κ2) is 8.79. The summed E-state index contributed by atoms with van der Waals surface area (Å²) in [5.74, 6) is 0. The van der Waals surface area contributed by atoms with E-state index in [0.29, 0.717) is 0 Å². The molecule has 0 aliphatic rings. The van der Waals surface area contributed by atoms with Gasteiger partial charge in [-0.3, -0.25) is 0 Å². The van der Waals surface area contributed by atoms with Crippen LogP contribution >= 0.6 is 0 Å². The maximum atomic E-state index is 9.43. The van der Waals surface area contributed by atoms with Gasteiger partial charge in [-0.2, -0.15) is 0 Å². The SMILES string of the molecule is C/C=C/C[C@@H](O)CCCCCC. The van der Waals surface area contributed by atoms with Gasteiger partial charge >= 0.3 is 0 Å². The number of unbranched alkanes of at least 4 members (excludes halogenated alkanes) is 3. The first-order chi connectivity index (χ1) is 5.81. The second-order valence-electron chi connectivity index (χ2n) is 3.31. The summed E-state index contributed by atoms with van der Waals surface area (Å²) >= 11 is 0. The minimum absolute atomic E-state index is 0.113. The van der Waals surface area contributed by atoms with Crippen LogP contribution in [0.2, 0.25) is 0 Å². The first-order valence-electron chi connectivity index (χ1n) is 5.10. The van der Waals surface area contributed by atoms with Gasteiger partial charge < -0.3 is 5.11 Å². The Morgan fingerprint density at radius 1 is 1.25 bits per heavy atom. The zero-order chi connectivity index (χ0) is 9.23. The van der Waals surface area contributed by atoms with Gasteiger partial charge in [0.1, 0.15) is 0 Å². The van der Waals surface area contributed by atoms with E-state index in [-0.39, 0.29) is 6.10 Å². The number of rotatable bonds is 7. The van der Waals surface area contributed by atoms with Crippen molar-refractivity contribution in [1.29, 1.82) is 0 Å². The standard InChI is InChI=1S/C11H22O/c1-3-5-7-8-10-11(12)9-6-4-2/h4,6,11-12H,3,5,7-10H2,1-2H3/b6-4+/t11-/m1/s1. The zero-order valence-electron chi connectivity index (χ0n) is 8.42. The van der Waals surface area contributed by atoms with Crippen molar-refractivity contribution in [3.63, 3.8) is 0 Å². The van der Waals surface area contributed by atoms with Crippen LogP contribution in [0.5, 0.6) is 0 Å². The predicted octanol–water partition coefficient (Wildman–Crippen LogP) is 3.28. The van der Waals surface area contributed by atoms with Crippen LogP contribution in [0, 0.1) is 0 Å². The molecule has 0 aliphatic heterocycles. The van der Waals surface area contributed by atoms with Crippen LogP contribution in [0.25, 0.3) is 0 Å². The van der Waals surface area contributed by atoms with Gasteiger partial charge in [-0.15, -0.1) is 0 Å². The molecule has 1 atom stereocenters. The van der Waals surface area contributed by atoms with E-state index in [4.69, 9.17) is 0 Å². The molecule has 0 radical (unpaired) electrons. The molecule has 0 amide bonds. The summed E-state index contributed by atoms with van der Waals surface area (Å²) in [4.78, 5) is 0. The molecule has 0 bridgehead atoms. The highest BCUT2D eigenvalue weighted by atomic mass is 16.3. The maximum Gasteiger partial charge on any atom is 0.0574 e. The summed E-state index contributed by atoms with van der Waals surface area (Å²) < 4.78 is 0. The quantitative estimate of drug-likeness (QED) is 0.459. The summed E-state index contributed by atoms with van der Waals surface area (Å²) in [5.41, 5.74) is 0. The Labute approximate surface area is 76.5 Å². The average Bonchev–Trinajstić information content (AvgIpc) is 2.09. The van der Waals surface area contributed by atoms with Crippen LogP contribution < -0.4 is 0 Å². The molecule has 72 valence electrons.